The average Bonchev–Trinajstić information content (AvgIpc) is 2.21. The Morgan fingerprint density at radius 1 is 1.60 bits per heavy atom. The number of ether oxygens (including phenoxy) is 1. The van der Waals surface area contributed by atoms with Crippen molar-refractivity contribution in [2.24, 2.45) is 0 Å². The molecule has 0 radical (unpaired) electrons. The predicted octanol–water partition coefficient (Wildman–Crippen LogP) is 2.21. The van der Waals surface area contributed by atoms with Crippen LogP contribution in [0.15, 0.2) is 18.2 Å². The molecule has 0 saturated carbocycles. The second-order valence-electron chi connectivity index (χ2n) is 2.67. The maximum absolute atomic E-state index is 13.2. The molecule has 0 fully saturated rings. The molecule has 0 aliphatic carbocycles. The molecule has 0 heterocycles. The number of benzene rings is 1. The van der Waals surface area contributed by atoms with Crippen LogP contribution in [0.5, 0.6) is 0 Å². The fraction of sp³-hybridized carbons (Fsp3) is 0.200. The molecule has 0 saturated heterocycles. The molecule has 1 amide bonds. The number of halogens is 1. The molecule has 15 heavy (non-hydrogen) atoms. The third-order valence-electron chi connectivity index (χ3n) is 1.68. The Morgan fingerprint density at radius 3 is 2.93 bits per heavy atom. The number of carbonyl (C=O) groups excluding carboxylic acids is 2. The smallest absolute Gasteiger partial charge is 0.411 e. The number of nitrogens with one attached hydrogen (secondary N) is 1. The third-order valence-corrected chi connectivity index (χ3v) is 1.68. The molecule has 5 heteroatoms. The maximum Gasteiger partial charge on any atom is 0.411 e. The summed E-state index contributed by atoms with van der Waals surface area (Å²) in [7, 11) is 0. The molecular weight excluding hydrogens is 201 g/mol. The molecule has 1 N–H and O–H groups in total. The first-order valence-corrected chi connectivity index (χ1v) is 4.36. The summed E-state index contributed by atoms with van der Waals surface area (Å²) in [6, 6.07) is 3.93. The fourth-order valence-corrected chi connectivity index (χ4v) is 1.04. The van der Waals surface area contributed by atoms with Crippen LogP contribution in [0.3, 0.4) is 0 Å². The molecule has 1 rings (SSSR count). The van der Waals surface area contributed by atoms with E-state index in [-0.39, 0.29) is 17.9 Å². The second-order valence-corrected chi connectivity index (χ2v) is 2.67. The highest BCUT2D eigenvalue weighted by molar-refractivity contribution is 5.93. The van der Waals surface area contributed by atoms with E-state index in [2.05, 4.69) is 10.1 Å². The topological polar surface area (TPSA) is 55.4 Å². The Balaban J connectivity index is 2.92. The summed E-state index contributed by atoms with van der Waals surface area (Å²) >= 11 is 0. The quantitative estimate of drug-likeness (QED) is 0.780. The molecular formula is C10H10FNO3. The molecule has 0 spiro atoms. The van der Waals surface area contributed by atoms with Gasteiger partial charge in [-0.2, -0.15) is 0 Å². The van der Waals surface area contributed by atoms with Crippen molar-refractivity contribution in [2.45, 2.75) is 6.92 Å². The summed E-state index contributed by atoms with van der Waals surface area (Å²) in [5.41, 5.74) is -0.0889. The first-order valence-electron chi connectivity index (χ1n) is 4.36. The second kappa shape index (κ2) is 5.09. The Morgan fingerprint density at radius 2 is 2.33 bits per heavy atom. The number of anilines is 1. The van der Waals surface area contributed by atoms with Crippen LogP contribution < -0.4 is 5.32 Å². The molecule has 0 aromatic heterocycles. The summed E-state index contributed by atoms with van der Waals surface area (Å²) in [6.45, 7) is 1.80. The van der Waals surface area contributed by atoms with Gasteiger partial charge >= 0.3 is 6.09 Å². The highest BCUT2D eigenvalue weighted by Gasteiger charge is 2.11. The minimum Gasteiger partial charge on any atom is -0.450 e. The van der Waals surface area contributed by atoms with Crippen LogP contribution in [0.1, 0.15) is 17.3 Å². The maximum atomic E-state index is 13.2. The van der Waals surface area contributed by atoms with Crippen molar-refractivity contribution in [1.29, 1.82) is 0 Å². The van der Waals surface area contributed by atoms with Crippen molar-refractivity contribution < 1.29 is 18.7 Å². The Hall–Kier alpha value is -1.91. The van der Waals surface area contributed by atoms with Crippen molar-refractivity contribution in [3.63, 3.8) is 0 Å². The van der Waals surface area contributed by atoms with Gasteiger partial charge in [-0.1, -0.05) is 6.07 Å². The van der Waals surface area contributed by atoms with Crippen molar-refractivity contribution in [2.75, 3.05) is 11.9 Å². The summed E-state index contributed by atoms with van der Waals surface area (Å²) in [5, 5.41) is 2.16. The summed E-state index contributed by atoms with van der Waals surface area (Å²) in [6.07, 6.45) is -0.323. The van der Waals surface area contributed by atoms with Crippen molar-refractivity contribution in [3.05, 3.63) is 29.6 Å². The zero-order valence-corrected chi connectivity index (χ0v) is 8.12. The lowest BCUT2D eigenvalue weighted by Crippen LogP contribution is -2.15. The molecule has 0 aliphatic heterocycles. The summed E-state index contributed by atoms with van der Waals surface area (Å²) < 4.78 is 17.8. The van der Waals surface area contributed by atoms with E-state index >= 15 is 0 Å². The minimum atomic E-state index is -0.786. The van der Waals surface area contributed by atoms with Crippen LogP contribution in [0.25, 0.3) is 0 Å². The molecule has 0 unspecified atom stereocenters. The predicted molar refractivity (Wildman–Crippen MR) is 52.4 cm³/mol. The lowest BCUT2D eigenvalue weighted by atomic mass is 10.2. The number of rotatable bonds is 3. The molecule has 1 aromatic carbocycles. The number of hydrogen-bond donors (Lipinski definition) is 1. The number of hydrogen-bond acceptors (Lipinski definition) is 3. The zero-order valence-electron chi connectivity index (χ0n) is 8.12. The van der Waals surface area contributed by atoms with Crippen LogP contribution in [-0.4, -0.2) is 19.0 Å². The largest absolute Gasteiger partial charge is 0.450 e. The van der Waals surface area contributed by atoms with Gasteiger partial charge in [0.1, 0.15) is 5.82 Å². The molecule has 1 aromatic rings. The van der Waals surface area contributed by atoms with Gasteiger partial charge in [0.15, 0.2) is 6.29 Å². The van der Waals surface area contributed by atoms with Gasteiger partial charge in [0.25, 0.3) is 0 Å². The lowest BCUT2D eigenvalue weighted by Gasteiger charge is -2.07. The summed E-state index contributed by atoms with van der Waals surface area (Å²) in [4.78, 5) is 21.6. The lowest BCUT2D eigenvalue weighted by molar-refractivity contribution is 0.112. The van der Waals surface area contributed by atoms with E-state index in [1.165, 1.54) is 12.1 Å². The number of para-hydroxylation sites is 1. The van der Waals surface area contributed by atoms with Crippen LogP contribution in [0.4, 0.5) is 14.9 Å². The van der Waals surface area contributed by atoms with Gasteiger partial charge in [0.05, 0.1) is 12.3 Å². The van der Waals surface area contributed by atoms with E-state index in [4.69, 9.17) is 0 Å². The van der Waals surface area contributed by atoms with E-state index in [0.717, 1.165) is 6.07 Å². The van der Waals surface area contributed by atoms with Crippen LogP contribution >= 0.6 is 0 Å². The van der Waals surface area contributed by atoms with Gasteiger partial charge < -0.3 is 4.74 Å². The van der Waals surface area contributed by atoms with E-state index in [9.17, 15) is 14.0 Å². The van der Waals surface area contributed by atoms with Crippen molar-refractivity contribution in [1.82, 2.24) is 0 Å². The molecule has 0 atom stereocenters. The van der Waals surface area contributed by atoms with Crippen molar-refractivity contribution >= 4 is 18.1 Å². The standard InChI is InChI=1S/C10H10FNO3/c1-2-15-10(14)12-9-7(6-13)4-3-5-8(9)11/h3-6H,2H2,1H3,(H,12,14). The molecule has 80 valence electrons. The van der Waals surface area contributed by atoms with Gasteiger partial charge in [-0.15, -0.1) is 0 Å². The van der Waals surface area contributed by atoms with E-state index < -0.39 is 11.9 Å². The third kappa shape index (κ3) is 2.77. The van der Waals surface area contributed by atoms with Crippen LogP contribution in [0.2, 0.25) is 0 Å². The summed E-state index contributed by atoms with van der Waals surface area (Å²) in [5.74, 6) is -0.673. The van der Waals surface area contributed by atoms with Gasteiger partial charge in [-0.25, -0.2) is 9.18 Å². The van der Waals surface area contributed by atoms with Gasteiger partial charge in [0.2, 0.25) is 0 Å². The van der Waals surface area contributed by atoms with E-state index in [0.29, 0.717) is 6.29 Å². The van der Waals surface area contributed by atoms with Crippen molar-refractivity contribution in [3.8, 4) is 0 Å². The highest BCUT2D eigenvalue weighted by Crippen LogP contribution is 2.18. The number of amides is 1. The first-order chi connectivity index (χ1) is 7.19. The van der Waals surface area contributed by atoms with Crippen LogP contribution in [-0.2, 0) is 4.74 Å². The van der Waals surface area contributed by atoms with Crippen LogP contribution in [0, 0.1) is 5.82 Å². The van der Waals surface area contributed by atoms with Gasteiger partial charge in [-0.3, -0.25) is 10.1 Å². The average molecular weight is 211 g/mol. The monoisotopic (exact) mass is 211 g/mol. The van der Waals surface area contributed by atoms with E-state index in [1.54, 1.807) is 6.92 Å². The molecule has 4 nitrogen and oxygen atoms in total. The Labute approximate surface area is 86.0 Å². The van der Waals surface area contributed by atoms with Gasteiger partial charge in [-0.05, 0) is 19.1 Å². The molecule has 0 aliphatic rings. The highest BCUT2D eigenvalue weighted by atomic mass is 19.1. The van der Waals surface area contributed by atoms with E-state index in [1.807, 2.05) is 0 Å². The fourth-order valence-electron chi connectivity index (χ4n) is 1.04. The normalized spacial score (nSPS) is 9.47. The Kier molecular flexibility index (Phi) is 3.79. The van der Waals surface area contributed by atoms with Gasteiger partial charge in [0, 0.05) is 5.56 Å². The first kappa shape index (κ1) is 11.2. The Bertz CT molecular complexity index is 379. The minimum absolute atomic E-state index is 0.0723. The zero-order chi connectivity index (χ0) is 11.3. The SMILES string of the molecule is CCOC(=O)Nc1c(F)cccc1C=O. The molecule has 0 bridgehead atoms. The number of carbonyl (C=O) groups is 2. The number of aldehydes is 1.